The zero-order valence-corrected chi connectivity index (χ0v) is 13.7. The fourth-order valence-electron chi connectivity index (χ4n) is 3.36. The van der Waals surface area contributed by atoms with E-state index in [1.807, 2.05) is 42.6 Å². The second-order valence-electron chi connectivity index (χ2n) is 6.22. The largest absolute Gasteiger partial charge is 0.361 e. The van der Waals surface area contributed by atoms with E-state index < -0.39 is 6.04 Å². The topological polar surface area (TPSA) is 65.2 Å². The first-order valence-electron chi connectivity index (χ1n) is 8.44. The molecule has 3 aromatic rings. The molecule has 1 fully saturated rings. The number of anilines is 1. The maximum atomic E-state index is 12.6. The molecule has 2 N–H and O–H groups in total. The number of amides is 2. The van der Waals surface area contributed by atoms with E-state index in [-0.39, 0.29) is 18.2 Å². The van der Waals surface area contributed by atoms with Gasteiger partial charge in [0.15, 0.2) is 0 Å². The summed E-state index contributed by atoms with van der Waals surface area (Å²) in [5, 5.41) is 4.44. The van der Waals surface area contributed by atoms with Gasteiger partial charge < -0.3 is 10.3 Å². The molecule has 0 spiro atoms. The van der Waals surface area contributed by atoms with Crippen LogP contribution in [-0.2, 0) is 16.0 Å². The third-order valence-corrected chi connectivity index (χ3v) is 4.62. The van der Waals surface area contributed by atoms with E-state index in [0.717, 1.165) is 11.9 Å². The molecule has 2 aromatic carbocycles. The summed E-state index contributed by atoms with van der Waals surface area (Å²) in [4.78, 5) is 29.3. The van der Waals surface area contributed by atoms with E-state index in [1.54, 1.807) is 12.1 Å². The second-order valence-corrected chi connectivity index (χ2v) is 6.22. The van der Waals surface area contributed by atoms with Crippen molar-refractivity contribution in [2.24, 2.45) is 0 Å². The lowest BCUT2D eigenvalue weighted by atomic mass is 10.1. The minimum Gasteiger partial charge on any atom is -0.361 e. The van der Waals surface area contributed by atoms with Crippen LogP contribution in [0, 0.1) is 0 Å². The SMILES string of the molecule is O=C1CC(NCCc2c[nH]c3ccccc23)C(=O)N1c1ccccc1. The number of aromatic amines is 1. The van der Waals surface area contributed by atoms with E-state index in [9.17, 15) is 9.59 Å². The predicted molar refractivity (Wildman–Crippen MR) is 97.3 cm³/mol. The van der Waals surface area contributed by atoms with Gasteiger partial charge in [-0.2, -0.15) is 0 Å². The molecule has 25 heavy (non-hydrogen) atoms. The highest BCUT2D eigenvalue weighted by Gasteiger charge is 2.38. The number of hydrogen-bond donors (Lipinski definition) is 2. The molecule has 5 heteroatoms. The summed E-state index contributed by atoms with van der Waals surface area (Å²) in [6, 6.07) is 16.8. The molecule has 1 aromatic heterocycles. The zero-order valence-electron chi connectivity index (χ0n) is 13.7. The summed E-state index contributed by atoms with van der Waals surface area (Å²) in [6.45, 7) is 0.647. The van der Waals surface area contributed by atoms with Gasteiger partial charge in [-0.3, -0.25) is 9.59 Å². The molecule has 1 aliphatic heterocycles. The standard InChI is InChI=1S/C20H19N3O2/c24-19-12-18(20(25)23(19)15-6-2-1-3-7-15)21-11-10-14-13-22-17-9-5-4-8-16(14)17/h1-9,13,18,21-22H,10-12H2. The van der Waals surface area contributed by atoms with Gasteiger partial charge in [-0.1, -0.05) is 36.4 Å². The quantitative estimate of drug-likeness (QED) is 0.706. The highest BCUT2D eigenvalue weighted by Crippen LogP contribution is 2.22. The summed E-state index contributed by atoms with van der Waals surface area (Å²) in [5.74, 6) is -0.323. The van der Waals surface area contributed by atoms with Gasteiger partial charge in [0.2, 0.25) is 5.91 Å². The van der Waals surface area contributed by atoms with E-state index >= 15 is 0 Å². The molecule has 126 valence electrons. The van der Waals surface area contributed by atoms with E-state index in [1.165, 1.54) is 15.8 Å². The van der Waals surface area contributed by atoms with Crippen LogP contribution in [0.1, 0.15) is 12.0 Å². The second kappa shape index (κ2) is 6.53. The molecule has 5 nitrogen and oxygen atoms in total. The Morgan fingerprint density at radius 3 is 2.64 bits per heavy atom. The van der Waals surface area contributed by atoms with E-state index in [0.29, 0.717) is 12.2 Å². The minimum absolute atomic E-state index is 0.152. The van der Waals surface area contributed by atoms with Crippen molar-refractivity contribution < 1.29 is 9.59 Å². The smallest absolute Gasteiger partial charge is 0.251 e. The average Bonchev–Trinajstić information content (AvgIpc) is 3.17. The number of fused-ring (bicyclic) bond motifs is 1. The van der Waals surface area contributed by atoms with Crippen LogP contribution in [0.25, 0.3) is 10.9 Å². The van der Waals surface area contributed by atoms with Gasteiger partial charge >= 0.3 is 0 Å². The number of benzene rings is 2. The number of aromatic nitrogens is 1. The lowest BCUT2D eigenvalue weighted by Gasteiger charge is -2.15. The number of para-hydroxylation sites is 2. The van der Waals surface area contributed by atoms with Gasteiger partial charge in [0.05, 0.1) is 18.2 Å². The molecule has 1 atom stereocenters. The van der Waals surface area contributed by atoms with Gasteiger partial charge in [-0.15, -0.1) is 0 Å². The third-order valence-electron chi connectivity index (χ3n) is 4.62. The first-order valence-corrected chi connectivity index (χ1v) is 8.44. The van der Waals surface area contributed by atoms with E-state index in [2.05, 4.69) is 16.4 Å². The molecule has 0 radical (unpaired) electrons. The third kappa shape index (κ3) is 2.94. The predicted octanol–water partition coefficient (Wildman–Crippen LogP) is 2.63. The summed E-state index contributed by atoms with van der Waals surface area (Å²) in [5.41, 5.74) is 2.96. The number of rotatable bonds is 5. The molecule has 2 heterocycles. The van der Waals surface area contributed by atoms with Crippen molar-refractivity contribution in [3.63, 3.8) is 0 Å². The molecule has 2 amide bonds. The molecule has 1 aliphatic rings. The maximum absolute atomic E-state index is 12.6. The highest BCUT2D eigenvalue weighted by atomic mass is 16.2. The van der Waals surface area contributed by atoms with Crippen LogP contribution in [0.4, 0.5) is 5.69 Å². The fraction of sp³-hybridized carbons (Fsp3) is 0.200. The molecule has 0 aliphatic carbocycles. The van der Waals surface area contributed by atoms with Gasteiger partial charge in [-0.05, 0) is 30.2 Å². The van der Waals surface area contributed by atoms with Gasteiger partial charge in [0, 0.05) is 23.6 Å². The minimum atomic E-state index is -0.446. The average molecular weight is 333 g/mol. The van der Waals surface area contributed by atoms with Crippen LogP contribution in [0.5, 0.6) is 0 Å². The van der Waals surface area contributed by atoms with Crippen molar-refractivity contribution in [1.29, 1.82) is 0 Å². The normalized spacial score (nSPS) is 17.6. The van der Waals surface area contributed by atoms with Gasteiger partial charge in [0.25, 0.3) is 5.91 Å². The Morgan fingerprint density at radius 1 is 1.04 bits per heavy atom. The molecule has 0 saturated carbocycles. The van der Waals surface area contributed by atoms with Crippen LogP contribution in [-0.4, -0.2) is 29.4 Å². The Hall–Kier alpha value is -2.92. The number of imide groups is 1. The lowest BCUT2D eigenvalue weighted by Crippen LogP contribution is -2.39. The number of hydrogen-bond acceptors (Lipinski definition) is 3. The number of H-pyrrole nitrogens is 1. The Labute approximate surface area is 145 Å². The highest BCUT2D eigenvalue weighted by molar-refractivity contribution is 6.22. The van der Waals surface area contributed by atoms with Crippen molar-refractivity contribution in [1.82, 2.24) is 10.3 Å². The maximum Gasteiger partial charge on any atom is 0.251 e. The van der Waals surface area contributed by atoms with Gasteiger partial charge in [-0.25, -0.2) is 4.90 Å². The zero-order chi connectivity index (χ0) is 17.2. The molecule has 1 unspecified atom stereocenters. The number of nitrogens with one attached hydrogen (secondary N) is 2. The Kier molecular flexibility index (Phi) is 4.07. The summed E-state index contributed by atoms with van der Waals surface area (Å²) < 4.78 is 0. The van der Waals surface area contributed by atoms with Crippen LogP contribution >= 0.6 is 0 Å². The van der Waals surface area contributed by atoms with Crippen molar-refractivity contribution in [2.75, 3.05) is 11.4 Å². The number of nitrogens with zero attached hydrogens (tertiary/aromatic N) is 1. The Balaban J connectivity index is 1.40. The fourth-order valence-corrected chi connectivity index (χ4v) is 3.36. The summed E-state index contributed by atoms with van der Waals surface area (Å²) in [6.07, 6.45) is 3.01. The molecule has 1 saturated heterocycles. The van der Waals surface area contributed by atoms with E-state index in [4.69, 9.17) is 0 Å². The number of carbonyl (C=O) groups excluding carboxylic acids is 2. The van der Waals surface area contributed by atoms with Crippen LogP contribution < -0.4 is 10.2 Å². The van der Waals surface area contributed by atoms with Crippen molar-refractivity contribution in [2.45, 2.75) is 18.9 Å². The first kappa shape index (κ1) is 15.6. The Morgan fingerprint density at radius 2 is 1.80 bits per heavy atom. The van der Waals surface area contributed by atoms with Crippen LogP contribution in [0.2, 0.25) is 0 Å². The molecular weight excluding hydrogens is 314 g/mol. The van der Waals surface area contributed by atoms with Crippen molar-refractivity contribution in [3.8, 4) is 0 Å². The molecule has 4 rings (SSSR count). The molecule has 0 bridgehead atoms. The Bertz CT molecular complexity index is 917. The monoisotopic (exact) mass is 333 g/mol. The number of carbonyl (C=O) groups is 2. The first-order chi connectivity index (χ1) is 12.2. The van der Waals surface area contributed by atoms with Crippen LogP contribution in [0.3, 0.4) is 0 Å². The van der Waals surface area contributed by atoms with Crippen molar-refractivity contribution in [3.05, 3.63) is 66.4 Å². The summed E-state index contributed by atoms with van der Waals surface area (Å²) >= 11 is 0. The lowest BCUT2D eigenvalue weighted by molar-refractivity contribution is -0.121. The van der Waals surface area contributed by atoms with Crippen LogP contribution in [0.15, 0.2) is 60.8 Å². The summed E-state index contributed by atoms with van der Waals surface area (Å²) in [7, 11) is 0. The van der Waals surface area contributed by atoms with Crippen molar-refractivity contribution >= 4 is 28.4 Å². The van der Waals surface area contributed by atoms with Gasteiger partial charge in [0.1, 0.15) is 0 Å². The molecular formula is C20H19N3O2.